The monoisotopic (exact) mass is 562 g/mol. The number of aliphatic carboxylic acids is 1. The van der Waals surface area contributed by atoms with Crippen molar-refractivity contribution < 1.29 is 19.0 Å². The van der Waals surface area contributed by atoms with E-state index in [-0.39, 0.29) is 18.5 Å². The highest BCUT2D eigenvalue weighted by molar-refractivity contribution is 5.69. The molecule has 7 rings (SSSR count). The number of ether oxygens (including phenoxy) is 1. The number of anilines is 3. The Morgan fingerprint density at radius 3 is 2.34 bits per heavy atom. The van der Waals surface area contributed by atoms with Crippen molar-refractivity contribution in [3.05, 3.63) is 54.3 Å². The summed E-state index contributed by atoms with van der Waals surface area (Å²) < 4.78 is 22.2. The van der Waals surface area contributed by atoms with Crippen LogP contribution in [0.4, 0.5) is 21.6 Å². The van der Waals surface area contributed by atoms with Gasteiger partial charge in [-0.3, -0.25) is 0 Å². The highest BCUT2D eigenvalue weighted by atomic mass is 19.1. The van der Waals surface area contributed by atoms with Gasteiger partial charge in [-0.15, -0.1) is 5.10 Å². The van der Waals surface area contributed by atoms with Crippen LogP contribution in [0.2, 0.25) is 0 Å². The van der Waals surface area contributed by atoms with Crippen molar-refractivity contribution in [1.29, 1.82) is 0 Å². The summed E-state index contributed by atoms with van der Waals surface area (Å²) in [6, 6.07) is 15.6. The van der Waals surface area contributed by atoms with Gasteiger partial charge in [0.2, 0.25) is 0 Å². The third-order valence-electron chi connectivity index (χ3n) is 9.11. The molecule has 4 aliphatic rings. The molecule has 0 saturated carbocycles. The van der Waals surface area contributed by atoms with Crippen LogP contribution in [0.25, 0.3) is 16.9 Å². The Hall–Kier alpha value is -3.63. The van der Waals surface area contributed by atoms with Crippen LogP contribution >= 0.6 is 0 Å². The molecule has 1 aromatic heterocycles. The van der Waals surface area contributed by atoms with Crippen molar-refractivity contribution in [2.75, 3.05) is 68.5 Å². The molecule has 4 saturated heterocycles. The quantitative estimate of drug-likeness (QED) is 0.328. The van der Waals surface area contributed by atoms with E-state index in [1.807, 2.05) is 16.8 Å². The van der Waals surface area contributed by atoms with Gasteiger partial charge in [0.05, 0.1) is 23.2 Å². The second kappa shape index (κ2) is 11.7. The van der Waals surface area contributed by atoms with Crippen molar-refractivity contribution >= 4 is 23.2 Å². The molecule has 9 nitrogen and oxygen atoms in total. The van der Waals surface area contributed by atoms with Crippen LogP contribution < -0.4 is 15.5 Å². The number of hydrogen-bond acceptors (Lipinski definition) is 7. The van der Waals surface area contributed by atoms with Crippen molar-refractivity contribution in [3.63, 3.8) is 0 Å². The number of rotatable bonds is 10. The van der Waals surface area contributed by atoms with Gasteiger partial charge in [0.25, 0.3) is 0 Å². The average molecular weight is 563 g/mol. The van der Waals surface area contributed by atoms with Crippen LogP contribution in [-0.4, -0.2) is 84.8 Å². The molecule has 5 heterocycles. The van der Waals surface area contributed by atoms with E-state index < -0.39 is 5.97 Å². The molecule has 0 aliphatic carbocycles. The first-order valence-corrected chi connectivity index (χ1v) is 14.6. The average Bonchev–Trinajstić information content (AvgIpc) is 3.45. The van der Waals surface area contributed by atoms with Crippen LogP contribution in [0.1, 0.15) is 32.1 Å². The number of aromatic nitrogens is 2. The van der Waals surface area contributed by atoms with Gasteiger partial charge in [-0.2, -0.15) is 0 Å². The van der Waals surface area contributed by atoms with Gasteiger partial charge < -0.3 is 30.3 Å². The van der Waals surface area contributed by atoms with Crippen LogP contribution in [0.3, 0.4) is 0 Å². The van der Waals surface area contributed by atoms with Gasteiger partial charge in [-0.05, 0) is 93.6 Å². The Morgan fingerprint density at radius 2 is 1.71 bits per heavy atom. The molecule has 41 heavy (non-hydrogen) atoms. The number of nitrogens with zero attached hydrogens (tertiary/aromatic N) is 4. The van der Waals surface area contributed by atoms with Gasteiger partial charge >= 0.3 is 5.97 Å². The van der Waals surface area contributed by atoms with E-state index in [1.54, 1.807) is 19.2 Å². The maximum Gasteiger partial charge on any atom is 0.329 e. The molecule has 0 spiro atoms. The molecule has 4 fully saturated rings. The van der Waals surface area contributed by atoms with E-state index >= 15 is 0 Å². The molecule has 0 radical (unpaired) electrons. The molecule has 3 N–H and O–H groups in total. The summed E-state index contributed by atoms with van der Waals surface area (Å²) in [6.07, 6.45) is 5.22. The molecule has 0 amide bonds. The zero-order chi connectivity index (χ0) is 28.4. The Balaban J connectivity index is 1.21. The summed E-state index contributed by atoms with van der Waals surface area (Å²) in [5, 5.41) is 20.4. The summed E-state index contributed by atoms with van der Waals surface area (Å²) in [5.41, 5.74) is 4.38. The zero-order valence-electron chi connectivity index (χ0n) is 23.6. The smallest absolute Gasteiger partial charge is 0.329 e. The lowest BCUT2D eigenvalue weighted by molar-refractivity contribution is -0.144. The first kappa shape index (κ1) is 27.5. The number of benzene rings is 2. The molecule has 2 bridgehead atoms. The number of piperidine rings is 4. The summed E-state index contributed by atoms with van der Waals surface area (Å²) in [7, 11) is 1.71. The van der Waals surface area contributed by atoms with E-state index in [9.17, 15) is 9.18 Å². The Morgan fingerprint density at radius 1 is 1.02 bits per heavy atom. The predicted molar refractivity (Wildman–Crippen MR) is 159 cm³/mol. The number of fused-ring (bicyclic) bond motifs is 3. The van der Waals surface area contributed by atoms with E-state index in [1.165, 1.54) is 38.9 Å². The van der Waals surface area contributed by atoms with Gasteiger partial charge in [-0.25, -0.2) is 13.9 Å². The van der Waals surface area contributed by atoms with Crippen molar-refractivity contribution in [3.8, 4) is 16.9 Å². The Bertz CT molecular complexity index is 1350. The van der Waals surface area contributed by atoms with Gasteiger partial charge in [-0.1, -0.05) is 6.07 Å². The third-order valence-corrected chi connectivity index (χ3v) is 9.11. The van der Waals surface area contributed by atoms with Crippen LogP contribution in [0.5, 0.6) is 0 Å². The molecular formula is C31H39FN6O3. The van der Waals surface area contributed by atoms with Crippen molar-refractivity contribution in [1.82, 2.24) is 14.7 Å². The van der Waals surface area contributed by atoms with Crippen molar-refractivity contribution in [2.24, 2.45) is 5.41 Å². The number of carboxylic acid groups (broad SMARTS) is 1. The Labute approximate surface area is 240 Å². The lowest BCUT2D eigenvalue weighted by Gasteiger charge is -2.48. The van der Waals surface area contributed by atoms with E-state index in [0.29, 0.717) is 11.1 Å². The Kier molecular flexibility index (Phi) is 7.86. The standard InChI is InChI=1S/C31H39FN6O3/c1-33-27-7-2-22(18-26(27)32)28-19-29(34-21-31-10-15-36(16-11-31)17-12-31)35-38(28)24-5-3-23(4-6-24)37-13-8-25(9-14-37)41-20-30(39)40/h2-7,18-19,25,33H,8-17,20-21H2,1H3,(H,34,35)(H,39,40). The SMILES string of the molecule is CNc1ccc(-c2cc(NCC34CCN(CC3)CC4)nn2-c2ccc(N3CCC(OCC(=O)O)CC3)cc2)cc1F. The number of halogens is 1. The fraction of sp³-hybridized carbons (Fsp3) is 0.484. The molecule has 10 heteroatoms. The number of carbonyl (C=O) groups is 1. The summed E-state index contributed by atoms with van der Waals surface area (Å²) in [6.45, 7) is 5.80. The van der Waals surface area contributed by atoms with Crippen LogP contribution in [-0.2, 0) is 9.53 Å². The maximum atomic E-state index is 14.8. The molecule has 3 aromatic rings. The number of hydrogen-bond donors (Lipinski definition) is 3. The molecule has 218 valence electrons. The second-order valence-electron chi connectivity index (χ2n) is 11.6. The number of nitrogens with one attached hydrogen (secondary N) is 2. The fourth-order valence-electron chi connectivity index (χ4n) is 6.46. The van der Waals surface area contributed by atoms with E-state index in [0.717, 1.165) is 60.9 Å². The highest BCUT2D eigenvalue weighted by Gasteiger charge is 2.39. The van der Waals surface area contributed by atoms with Gasteiger partial charge in [0.1, 0.15) is 18.2 Å². The number of carboxylic acids is 1. The maximum absolute atomic E-state index is 14.8. The lowest BCUT2D eigenvalue weighted by atomic mass is 9.72. The van der Waals surface area contributed by atoms with Crippen molar-refractivity contribution in [2.45, 2.75) is 38.2 Å². The normalized spacial score (nSPS) is 22.6. The summed E-state index contributed by atoms with van der Waals surface area (Å²) in [4.78, 5) is 15.7. The minimum atomic E-state index is -0.931. The zero-order valence-corrected chi connectivity index (χ0v) is 23.6. The summed E-state index contributed by atoms with van der Waals surface area (Å²) in [5.74, 6) is -0.432. The molecule has 0 atom stereocenters. The topological polar surface area (TPSA) is 94.9 Å². The van der Waals surface area contributed by atoms with E-state index in [2.05, 4.69) is 44.7 Å². The fourth-order valence-corrected chi connectivity index (χ4v) is 6.46. The molecule has 0 unspecified atom stereocenters. The second-order valence-corrected chi connectivity index (χ2v) is 11.6. The lowest BCUT2D eigenvalue weighted by Crippen LogP contribution is -2.50. The predicted octanol–water partition coefficient (Wildman–Crippen LogP) is 4.69. The van der Waals surface area contributed by atoms with Gasteiger partial charge in [0, 0.05) is 44.0 Å². The summed E-state index contributed by atoms with van der Waals surface area (Å²) >= 11 is 0. The third kappa shape index (κ3) is 6.04. The van der Waals surface area contributed by atoms with Gasteiger partial charge in [0.15, 0.2) is 0 Å². The first-order valence-electron chi connectivity index (χ1n) is 14.6. The largest absolute Gasteiger partial charge is 0.480 e. The minimum absolute atomic E-state index is 0.0189. The highest BCUT2D eigenvalue weighted by Crippen LogP contribution is 2.40. The molecular weight excluding hydrogens is 523 g/mol. The first-order chi connectivity index (χ1) is 19.9. The van der Waals surface area contributed by atoms with Crippen LogP contribution in [0, 0.1) is 11.2 Å². The van der Waals surface area contributed by atoms with E-state index in [4.69, 9.17) is 14.9 Å². The van der Waals surface area contributed by atoms with Crippen LogP contribution in [0.15, 0.2) is 48.5 Å². The minimum Gasteiger partial charge on any atom is -0.480 e. The molecule has 4 aliphatic heterocycles. The molecule has 2 aromatic carbocycles.